The van der Waals surface area contributed by atoms with Gasteiger partial charge in [0.15, 0.2) is 0 Å². The first kappa shape index (κ1) is 18.7. The summed E-state index contributed by atoms with van der Waals surface area (Å²) in [5.41, 5.74) is -0.592. The molecule has 1 aliphatic heterocycles. The summed E-state index contributed by atoms with van der Waals surface area (Å²) in [5.74, 6) is 1.75. The molecule has 2 aliphatic rings. The number of piperidine rings is 1. The number of ether oxygens (including phenoxy) is 1. The number of nitrogens with one attached hydrogen (secondary N) is 2. The van der Waals surface area contributed by atoms with Crippen LogP contribution in [-0.2, 0) is 9.53 Å². The standard InChI is InChI=1S/C16H30N2O2.ClH/c1-13-4-3-5-14(12-13)6-9-18-15(19)16(20-2)7-10-17-11-8-16;/h13-14,17H,3-12H2,1-2H3,(H,18,19);1H. The fourth-order valence-electron chi connectivity index (χ4n) is 3.73. The molecule has 0 aromatic heterocycles. The minimum Gasteiger partial charge on any atom is -0.368 e. The summed E-state index contributed by atoms with van der Waals surface area (Å²) < 4.78 is 5.55. The summed E-state index contributed by atoms with van der Waals surface area (Å²) in [6.45, 7) is 4.87. The lowest BCUT2D eigenvalue weighted by atomic mass is 9.81. The van der Waals surface area contributed by atoms with E-state index in [1.54, 1.807) is 7.11 Å². The topological polar surface area (TPSA) is 50.4 Å². The van der Waals surface area contributed by atoms with Crippen molar-refractivity contribution in [1.82, 2.24) is 10.6 Å². The average molecular weight is 319 g/mol. The van der Waals surface area contributed by atoms with Crippen LogP contribution in [0.15, 0.2) is 0 Å². The minimum atomic E-state index is -0.592. The van der Waals surface area contributed by atoms with Crippen molar-refractivity contribution in [3.05, 3.63) is 0 Å². The Morgan fingerprint density at radius 2 is 2.05 bits per heavy atom. The Kier molecular flexibility index (Phi) is 7.99. The maximum atomic E-state index is 12.4. The van der Waals surface area contributed by atoms with Crippen molar-refractivity contribution in [1.29, 1.82) is 0 Å². The molecule has 2 atom stereocenters. The number of methoxy groups -OCH3 is 1. The Balaban J connectivity index is 0.00000220. The molecule has 2 fully saturated rings. The maximum Gasteiger partial charge on any atom is 0.252 e. The van der Waals surface area contributed by atoms with E-state index >= 15 is 0 Å². The normalized spacial score (nSPS) is 28.5. The summed E-state index contributed by atoms with van der Waals surface area (Å²) >= 11 is 0. The van der Waals surface area contributed by atoms with Crippen LogP contribution >= 0.6 is 12.4 Å². The number of amides is 1. The largest absolute Gasteiger partial charge is 0.368 e. The zero-order valence-electron chi connectivity index (χ0n) is 13.5. The van der Waals surface area contributed by atoms with Gasteiger partial charge >= 0.3 is 0 Å². The first-order valence-corrected chi connectivity index (χ1v) is 8.20. The van der Waals surface area contributed by atoms with Crippen molar-refractivity contribution in [2.24, 2.45) is 11.8 Å². The molecule has 21 heavy (non-hydrogen) atoms. The summed E-state index contributed by atoms with van der Waals surface area (Å²) in [6, 6.07) is 0. The highest BCUT2D eigenvalue weighted by molar-refractivity contribution is 5.85. The predicted octanol–water partition coefficient (Wildman–Crippen LogP) is 2.51. The summed E-state index contributed by atoms with van der Waals surface area (Å²) in [7, 11) is 1.66. The van der Waals surface area contributed by atoms with E-state index in [1.807, 2.05) is 0 Å². The van der Waals surface area contributed by atoms with Crippen molar-refractivity contribution in [3.8, 4) is 0 Å². The highest BCUT2D eigenvalue weighted by atomic mass is 35.5. The zero-order chi connectivity index (χ0) is 14.4. The first-order valence-electron chi connectivity index (χ1n) is 8.20. The first-order chi connectivity index (χ1) is 9.66. The molecule has 2 N–H and O–H groups in total. The van der Waals surface area contributed by atoms with Gasteiger partial charge in [0, 0.05) is 13.7 Å². The number of rotatable bonds is 5. The van der Waals surface area contributed by atoms with Crippen molar-refractivity contribution in [2.75, 3.05) is 26.7 Å². The van der Waals surface area contributed by atoms with Gasteiger partial charge in [0.2, 0.25) is 0 Å². The third-order valence-electron chi connectivity index (χ3n) is 5.10. The highest BCUT2D eigenvalue weighted by Gasteiger charge is 2.39. The van der Waals surface area contributed by atoms with Crippen LogP contribution in [0.4, 0.5) is 0 Å². The number of halogens is 1. The van der Waals surface area contributed by atoms with E-state index in [2.05, 4.69) is 17.6 Å². The quantitative estimate of drug-likeness (QED) is 0.819. The number of carbonyl (C=O) groups is 1. The third-order valence-corrected chi connectivity index (χ3v) is 5.10. The van der Waals surface area contributed by atoms with Crippen molar-refractivity contribution in [2.45, 2.75) is 57.5 Å². The van der Waals surface area contributed by atoms with Crippen molar-refractivity contribution in [3.63, 3.8) is 0 Å². The molecular weight excluding hydrogens is 288 g/mol. The van der Waals surface area contributed by atoms with Gasteiger partial charge in [0.25, 0.3) is 5.91 Å². The molecule has 0 bridgehead atoms. The second-order valence-electron chi connectivity index (χ2n) is 6.63. The number of carbonyl (C=O) groups excluding carboxylic acids is 1. The van der Waals surface area contributed by atoms with Gasteiger partial charge < -0.3 is 15.4 Å². The summed E-state index contributed by atoms with van der Waals surface area (Å²) in [4.78, 5) is 12.4. The van der Waals surface area contributed by atoms with E-state index in [1.165, 1.54) is 25.7 Å². The van der Waals surface area contributed by atoms with E-state index in [0.717, 1.165) is 50.7 Å². The molecule has 0 aromatic carbocycles. The molecule has 1 saturated heterocycles. The van der Waals surface area contributed by atoms with Gasteiger partial charge in [-0.3, -0.25) is 4.79 Å². The van der Waals surface area contributed by atoms with Crippen LogP contribution in [0.1, 0.15) is 51.9 Å². The van der Waals surface area contributed by atoms with E-state index in [-0.39, 0.29) is 18.3 Å². The van der Waals surface area contributed by atoms with Gasteiger partial charge in [-0.15, -0.1) is 12.4 Å². The maximum absolute atomic E-state index is 12.4. The Labute approximate surface area is 135 Å². The van der Waals surface area contributed by atoms with Gasteiger partial charge in [-0.1, -0.05) is 26.2 Å². The molecule has 4 nitrogen and oxygen atoms in total. The molecule has 0 spiro atoms. The lowest BCUT2D eigenvalue weighted by molar-refractivity contribution is -0.146. The van der Waals surface area contributed by atoms with Crippen LogP contribution in [0.25, 0.3) is 0 Å². The Hall–Kier alpha value is -0.320. The molecule has 2 rings (SSSR count). The monoisotopic (exact) mass is 318 g/mol. The van der Waals surface area contributed by atoms with Crippen LogP contribution in [0.3, 0.4) is 0 Å². The van der Waals surface area contributed by atoms with Crippen LogP contribution in [0, 0.1) is 11.8 Å². The second kappa shape index (κ2) is 8.96. The van der Waals surface area contributed by atoms with Crippen LogP contribution in [0.5, 0.6) is 0 Å². The molecule has 0 aromatic rings. The number of hydrogen-bond donors (Lipinski definition) is 2. The van der Waals surface area contributed by atoms with E-state index in [4.69, 9.17) is 4.74 Å². The predicted molar refractivity (Wildman–Crippen MR) is 87.8 cm³/mol. The smallest absolute Gasteiger partial charge is 0.252 e. The van der Waals surface area contributed by atoms with Gasteiger partial charge in [-0.2, -0.15) is 0 Å². The molecule has 0 radical (unpaired) electrons. The van der Waals surface area contributed by atoms with Crippen molar-refractivity contribution >= 4 is 18.3 Å². The van der Waals surface area contributed by atoms with Gasteiger partial charge in [0.05, 0.1) is 0 Å². The molecule has 1 amide bonds. The van der Waals surface area contributed by atoms with Crippen LogP contribution < -0.4 is 10.6 Å². The number of hydrogen-bond acceptors (Lipinski definition) is 3. The van der Waals surface area contributed by atoms with Crippen molar-refractivity contribution < 1.29 is 9.53 Å². The fraction of sp³-hybridized carbons (Fsp3) is 0.938. The molecule has 1 heterocycles. The van der Waals surface area contributed by atoms with E-state index < -0.39 is 5.60 Å². The zero-order valence-corrected chi connectivity index (χ0v) is 14.3. The lowest BCUT2D eigenvalue weighted by Gasteiger charge is -2.35. The molecule has 1 saturated carbocycles. The fourth-order valence-corrected chi connectivity index (χ4v) is 3.73. The molecular formula is C16H31ClN2O2. The Morgan fingerprint density at radius 3 is 2.67 bits per heavy atom. The Morgan fingerprint density at radius 1 is 1.33 bits per heavy atom. The molecule has 5 heteroatoms. The average Bonchev–Trinajstić information content (AvgIpc) is 2.48. The van der Waals surface area contributed by atoms with E-state index in [9.17, 15) is 4.79 Å². The highest BCUT2D eigenvalue weighted by Crippen LogP contribution is 2.30. The Bertz CT molecular complexity index is 319. The van der Waals surface area contributed by atoms with Gasteiger partial charge in [-0.05, 0) is 50.6 Å². The summed E-state index contributed by atoms with van der Waals surface area (Å²) in [6.07, 6.45) is 8.06. The van der Waals surface area contributed by atoms with Gasteiger partial charge in [0.1, 0.15) is 5.60 Å². The van der Waals surface area contributed by atoms with Crippen LogP contribution in [0.2, 0.25) is 0 Å². The lowest BCUT2D eigenvalue weighted by Crippen LogP contribution is -2.54. The molecule has 2 unspecified atom stereocenters. The third kappa shape index (κ3) is 5.11. The molecule has 124 valence electrons. The molecule has 1 aliphatic carbocycles. The van der Waals surface area contributed by atoms with E-state index in [0.29, 0.717) is 0 Å². The summed E-state index contributed by atoms with van der Waals surface area (Å²) in [5, 5.41) is 6.40. The SMILES string of the molecule is COC1(C(=O)NCCC2CCCC(C)C2)CCNCC1.Cl. The second-order valence-corrected chi connectivity index (χ2v) is 6.63. The van der Waals surface area contributed by atoms with Gasteiger partial charge in [-0.25, -0.2) is 0 Å². The van der Waals surface area contributed by atoms with Crippen LogP contribution in [-0.4, -0.2) is 38.3 Å². The minimum absolute atomic E-state index is 0.